The fraction of sp³-hybridized carbons (Fsp3) is 0.250. The van der Waals surface area contributed by atoms with Gasteiger partial charge in [0.15, 0.2) is 0 Å². The number of anilines is 1. The number of amides is 1. The molecule has 1 amide bonds. The van der Waals surface area contributed by atoms with Gasteiger partial charge in [0.1, 0.15) is 17.1 Å². The molecule has 2 heterocycles. The maximum absolute atomic E-state index is 11.9. The number of aromatic nitrogens is 2. The molecule has 0 bridgehead atoms. The van der Waals surface area contributed by atoms with Crippen molar-refractivity contribution in [3.8, 4) is 0 Å². The molecule has 0 atom stereocenters. The highest BCUT2D eigenvalue weighted by Crippen LogP contribution is 2.12. The lowest BCUT2D eigenvalue weighted by Gasteiger charge is -2.05. The molecule has 0 aliphatic heterocycles. The highest BCUT2D eigenvalue weighted by atomic mass is 16.5. The van der Waals surface area contributed by atoms with E-state index in [0.717, 1.165) is 11.3 Å². The zero-order valence-electron chi connectivity index (χ0n) is 9.94. The third-order valence-electron chi connectivity index (χ3n) is 2.33. The Morgan fingerprint density at radius 1 is 1.29 bits per heavy atom. The molecule has 0 unspecified atom stereocenters. The number of hydrogen-bond donors (Lipinski definition) is 1. The summed E-state index contributed by atoms with van der Waals surface area (Å²) < 4.78 is 4.84. The van der Waals surface area contributed by atoms with E-state index in [1.54, 1.807) is 6.92 Å². The van der Waals surface area contributed by atoms with Crippen LogP contribution in [0.2, 0.25) is 0 Å². The van der Waals surface area contributed by atoms with Gasteiger partial charge in [0.25, 0.3) is 5.91 Å². The Balaban J connectivity index is 2.21. The van der Waals surface area contributed by atoms with Gasteiger partial charge in [-0.3, -0.25) is 4.79 Å². The fourth-order valence-corrected chi connectivity index (χ4v) is 1.61. The number of rotatable bonds is 2. The average molecular weight is 231 g/mol. The molecule has 5 heteroatoms. The lowest BCUT2D eigenvalue weighted by Crippen LogP contribution is -2.13. The summed E-state index contributed by atoms with van der Waals surface area (Å²) in [5.41, 5.74) is 2.34. The van der Waals surface area contributed by atoms with Crippen molar-refractivity contribution < 1.29 is 9.32 Å². The van der Waals surface area contributed by atoms with Crippen molar-refractivity contribution in [1.82, 2.24) is 10.1 Å². The monoisotopic (exact) mass is 231 g/mol. The van der Waals surface area contributed by atoms with Gasteiger partial charge in [-0.05, 0) is 38.5 Å². The number of nitrogens with one attached hydrogen (secondary N) is 1. The van der Waals surface area contributed by atoms with Crippen molar-refractivity contribution in [3.05, 3.63) is 40.9 Å². The van der Waals surface area contributed by atoms with Crippen LogP contribution in [0.1, 0.15) is 27.4 Å². The van der Waals surface area contributed by atoms with Gasteiger partial charge in [0.2, 0.25) is 0 Å². The molecule has 88 valence electrons. The Morgan fingerprint density at radius 3 is 2.65 bits per heavy atom. The van der Waals surface area contributed by atoms with Crippen molar-refractivity contribution >= 4 is 11.7 Å². The number of pyridine rings is 1. The van der Waals surface area contributed by atoms with Crippen LogP contribution in [0.15, 0.2) is 22.9 Å². The van der Waals surface area contributed by atoms with Gasteiger partial charge in [0.05, 0.1) is 6.20 Å². The third kappa shape index (κ3) is 2.50. The minimum Gasteiger partial charge on any atom is -0.361 e. The number of carbonyl (C=O) groups is 1. The second-order valence-electron chi connectivity index (χ2n) is 3.92. The lowest BCUT2D eigenvalue weighted by atomic mass is 10.2. The van der Waals surface area contributed by atoms with E-state index in [0.29, 0.717) is 17.1 Å². The second kappa shape index (κ2) is 4.37. The first kappa shape index (κ1) is 11.3. The van der Waals surface area contributed by atoms with Crippen molar-refractivity contribution in [2.75, 3.05) is 5.32 Å². The predicted molar refractivity (Wildman–Crippen MR) is 62.9 cm³/mol. The minimum absolute atomic E-state index is 0.263. The third-order valence-corrected chi connectivity index (χ3v) is 2.33. The minimum atomic E-state index is -0.263. The van der Waals surface area contributed by atoms with E-state index in [1.807, 2.05) is 26.0 Å². The molecule has 2 aromatic heterocycles. The van der Waals surface area contributed by atoms with E-state index in [4.69, 9.17) is 4.52 Å². The highest BCUT2D eigenvalue weighted by Gasteiger charge is 2.13. The first-order valence-corrected chi connectivity index (χ1v) is 5.24. The van der Waals surface area contributed by atoms with Crippen LogP contribution in [0.4, 0.5) is 5.82 Å². The van der Waals surface area contributed by atoms with Crippen LogP contribution in [0.5, 0.6) is 0 Å². The Labute approximate surface area is 98.8 Å². The molecule has 0 saturated heterocycles. The molecule has 1 N–H and O–H groups in total. The summed E-state index contributed by atoms with van der Waals surface area (Å²) in [4.78, 5) is 16.1. The summed E-state index contributed by atoms with van der Waals surface area (Å²) in [5.74, 6) is 0.765. The molecule has 0 spiro atoms. The van der Waals surface area contributed by atoms with Gasteiger partial charge >= 0.3 is 0 Å². The predicted octanol–water partition coefficient (Wildman–Crippen LogP) is 2.25. The number of carbonyl (C=O) groups excluding carboxylic acids is 1. The molecule has 0 saturated carbocycles. The summed E-state index contributed by atoms with van der Waals surface area (Å²) in [6.45, 7) is 5.53. The molecule has 2 aromatic rings. The SMILES string of the molecule is Cc1cc(C)nc(NC(=O)c2cnoc2C)c1. The van der Waals surface area contributed by atoms with E-state index in [1.165, 1.54) is 6.20 Å². The second-order valence-corrected chi connectivity index (χ2v) is 3.92. The summed E-state index contributed by atoms with van der Waals surface area (Å²) in [5, 5.41) is 6.28. The molecular weight excluding hydrogens is 218 g/mol. The zero-order chi connectivity index (χ0) is 12.4. The van der Waals surface area contributed by atoms with Crippen molar-refractivity contribution in [2.24, 2.45) is 0 Å². The largest absolute Gasteiger partial charge is 0.361 e. The van der Waals surface area contributed by atoms with Gasteiger partial charge < -0.3 is 9.84 Å². The van der Waals surface area contributed by atoms with Crippen molar-refractivity contribution in [3.63, 3.8) is 0 Å². The van der Waals surface area contributed by atoms with Crippen LogP contribution in [0, 0.1) is 20.8 Å². The first-order chi connectivity index (χ1) is 8.06. The molecule has 17 heavy (non-hydrogen) atoms. The van der Waals surface area contributed by atoms with Crippen LogP contribution in [0.3, 0.4) is 0 Å². The van der Waals surface area contributed by atoms with E-state index >= 15 is 0 Å². The zero-order valence-corrected chi connectivity index (χ0v) is 9.94. The maximum Gasteiger partial charge on any atom is 0.262 e. The quantitative estimate of drug-likeness (QED) is 0.860. The van der Waals surface area contributed by atoms with E-state index in [9.17, 15) is 4.79 Å². The first-order valence-electron chi connectivity index (χ1n) is 5.24. The molecular formula is C12H13N3O2. The van der Waals surface area contributed by atoms with Crippen LogP contribution < -0.4 is 5.32 Å². The summed E-state index contributed by atoms with van der Waals surface area (Å²) in [6.07, 6.45) is 1.40. The van der Waals surface area contributed by atoms with E-state index in [2.05, 4.69) is 15.5 Å². The van der Waals surface area contributed by atoms with Gasteiger partial charge in [-0.25, -0.2) is 4.98 Å². The lowest BCUT2D eigenvalue weighted by molar-refractivity contribution is 0.102. The van der Waals surface area contributed by atoms with Crippen LogP contribution >= 0.6 is 0 Å². The van der Waals surface area contributed by atoms with Crippen LogP contribution in [-0.4, -0.2) is 16.0 Å². The average Bonchev–Trinajstić information content (AvgIpc) is 2.62. The molecule has 0 aliphatic rings. The van der Waals surface area contributed by atoms with Crippen molar-refractivity contribution in [1.29, 1.82) is 0 Å². The normalized spacial score (nSPS) is 10.3. The van der Waals surface area contributed by atoms with Gasteiger partial charge in [-0.15, -0.1) is 0 Å². The Morgan fingerprint density at radius 2 is 2.06 bits per heavy atom. The number of aryl methyl sites for hydroxylation is 3. The molecule has 2 rings (SSSR count). The van der Waals surface area contributed by atoms with Gasteiger partial charge in [0, 0.05) is 5.69 Å². The Kier molecular flexibility index (Phi) is 2.91. The number of nitrogens with zero attached hydrogens (tertiary/aromatic N) is 2. The van der Waals surface area contributed by atoms with Crippen molar-refractivity contribution in [2.45, 2.75) is 20.8 Å². The molecule has 0 radical (unpaired) electrons. The highest BCUT2D eigenvalue weighted by molar-refractivity contribution is 6.04. The smallest absolute Gasteiger partial charge is 0.262 e. The summed E-state index contributed by atoms with van der Waals surface area (Å²) in [7, 11) is 0. The molecule has 0 aromatic carbocycles. The maximum atomic E-state index is 11.9. The Hall–Kier alpha value is -2.17. The molecule has 0 aliphatic carbocycles. The van der Waals surface area contributed by atoms with Crippen LogP contribution in [-0.2, 0) is 0 Å². The van der Waals surface area contributed by atoms with E-state index < -0.39 is 0 Å². The Bertz CT molecular complexity index is 540. The van der Waals surface area contributed by atoms with Gasteiger partial charge in [-0.2, -0.15) is 0 Å². The summed E-state index contributed by atoms with van der Waals surface area (Å²) >= 11 is 0. The standard InChI is InChI=1S/C12H13N3O2/c1-7-4-8(2)14-11(5-7)15-12(16)10-6-13-17-9(10)3/h4-6H,1-3H3,(H,14,15,16). The molecule has 5 nitrogen and oxygen atoms in total. The number of hydrogen-bond acceptors (Lipinski definition) is 4. The van der Waals surface area contributed by atoms with Gasteiger partial charge in [-0.1, -0.05) is 5.16 Å². The van der Waals surface area contributed by atoms with Crippen LogP contribution in [0.25, 0.3) is 0 Å². The molecule has 0 fully saturated rings. The van der Waals surface area contributed by atoms with E-state index in [-0.39, 0.29) is 5.91 Å². The fourth-order valence-electron chi connectivity index (χ4n) is 1.61. The topological polar surface area (TPSA) is 68.0 Å². The summed E-state index contributed by atoms with van der Waals surface area (Å²) in [6, 6.07) is 3.76.